The van der Waals surface area contributed by atoms with Gasteiger partial charge in [0.2, 0.25) is 10.0 Å². The van der Waals surface area contributed by atoms with E-state index in [0.717, 1.165) is 10.2 Å². The summed E-state index contributed by atoms with van der Waals surface area (Å²) in [4.78, 5) is 10.4. The highest BCUT2D eigenvalue weighted by atomic mass is 32.2. The number of hydrogen-bond donors (Lipinski definition) is 2. The van der Waals surface area contributed by atoms with Gasteiger partial charge in [-0.2, -0.15) is 0 Å². The van der Waals surface area contributed by atoms with E-state index in [4.69, 9.17) is 10.8 Å². The molecule has 7 heteroatoms. The van der Waals surface area contributed by atoms with Crippen molar-refractivity contribution in [1.82, 2.24) is 3.97 Å². The number of nitrogens with zero attached hydrogens (tertiary/aromatic N) is 1. The summed E-state index contributed by atoms with van der Waals surface area (Å²) < 4.78 is 23.2. The van der Waals surface area contributed by atoms with Crippen LogP contribution in [0.2, 0.25) is 0 Å². The van der Waals surface area contributed by atoms with E-state index in [1.54, 1.807) is 0 Å². The van der Waals surface area contributed by atoms with Crippen molar-refractivity contribution in [2.45, 2.75) is 12.5 Å². The maximum atomic E-state index is 11.1. The van der Waals surface area contributed by atoms with Gasteiger partial charge in [0.15, 0.2) is 0 Å². The van der Waals surface area contributed by atoms with Crippen molar-refractivity contribution < 1.29 is 18.3 Å². The predicted molar refractivity (Wildman–Crippen MR) is 53.9 cm³/mol. The minimum atomic E-state index is -3.33. The number of nitrogens with two attached hydrogens (primary N) is 1. The molecule has 0 aliphatic heterocycles. The molecule has 0 radical (unpaired) electrons. The monoisotopic (exact) mass is 232 g/mol. The highest BCUT2D eigenvalue weighted by Gasteiger charge is 2.13. The lowest BCUT2D eigenvalue weighted by Crippen LogP contribution is -2.14. The first-order valence-corrected chi connectivity index (χ1v) is 6.01. The van der Waals surface area contributed by atoms with Gasteiger partial charge in [0.05, 0.1) is 12.7 Å². The van der Waals surface area contributed by atoms with Crippen molar-refractivity contribution in [1.29, 1.82) is 0 Å². The number of aliphatic carboxylic acids is 1. The van der Waals surface area contributed by atoms with E-state index in [1.807, 2.05) is 0 Å². The Bertz CT molecular complexity index is 463. The second kappa shape index (κ2) is 4.03. The molecule has 0 aliphatic rings. The second-order valence-corrected chi connectivity index (χ2v) is 5.13. The number of rotatable bonds is 4. The molecule has 0 saturated heterocycles. The third kappa shape index (κ3) is 3.07. The summed E-state index contributed by atoms with van der Waals surface area (Å²) in [5.41, 5.74) is 6.05. The number of hydrogen-bond acceptors (Lipinski definition) is 4. The van der Waals surface area contributed by atoms with Gasteiger partial charge in [-0.3, -0.25) is 8.77 Å². The van der Waals surface area contributed by atoms with Gasteiger partial charge < -0.3 is 10.8 Å². The van der Waals surface area contributed by atoms with Gasteiger partial charge in [0, 0.05) is 18.4 Å². The molecule has 1 unspecified atom stereocenters. The van der Waals surface area contributed by atoms with Crippen molar-refractivity contribution in [2.75, 3.05) is 6.26 Å². The standard InChI is InChI=1S/C8H12N2O4S/c1-15(13,14)10-3-2-6(5-10)7(9)4-8(11)12/h2-3,5,7H,4,9H2,1H3,(H,11,12). The third-order valence-corrected chi connectivity index (χ3v) is 2.89. The maximum absolute atomic E-state index is 11.1. The molecule has 0 aromatic carbocycles. The highest BCUT2D eigenvalue weighted by molar-refractivity contribution is 7.89. The predicted octanol–water partition coefficient (Wildman–Crippen LogP) is -0.230. The number of carboxylic acid groups (broad SMARTS) is 1. The van der Waals surface area contributed by atoms with Gasteiger partial charge in [0.1, 0.15) is 0 Å². The zero-order valence-corrected chi connectivity index (χ0v) is 8.94. The van der Waals surface area contributed by atoms with Crippen LogP contribution in [-0.4, -0.2) is 29.7 Å². The van der Waals surface area contributed by atoms with Crippen LogP contribution in [0.15, 0.2) is 18.5 Å². The summed E-state index contributed by atoms with van der Waals surface area (Å²) >= 11 is 0. The van der Waals surface area contributed by atoms with E-state index in [9.17, 15) is 13.2 Å². The molecule has 84 valence electrons. The largest absolute Gasteiger partial charge is 0.481 e. The Labute approximate surface area is 87.4 Å². The first-order chi connectivity index (χ1) is 6.80. The minimum Gasteiger partial charge on any atom is -0.481 e. The van der Waals surface area contributed by atoms with Crippen LogP contribution in [0.3, 0.4) is 0 Å². The maximum Gasteiger partial charge on any atom is 0.305 e. The molecule has 1 aromatic rings. The summed E-state index contributed by atoms with van der Waals surface area (Å²) in [7, 11) is -3.33. The summed E-state index contributed by atoms with van der Waals surface area (Å²) in [6.45, 7) is 0. The summed E-state index contributed by atoms with van der Waals surface area (Å²) in [6.07, 6.45) is 3.49. The number of carbonyl (C=O) groups is 1. The van der Waals surface area contributed by atoms with Crippen molar-refractivity contribution in [3.63, 3.8) is 0 Å². The van der Waals surface area contributed by atoms with Gasteiger partial charge in [-0.25, -0.2) is 8.42 Å². The van der Waals surface area contributed by atoms with E-state index in [-0.39, 0.29) is 6.42 Å². The van der Waals surface area contributed by atoms with Gasteiger partial charge in [-0.05, 0) is 11.6 Å². The fraction of sp³-hybridized carbons (Fsp3) is 0.375. The fourth-order valence-corrected chi connectivity index (χ4v) is 1.72. The molecule has 0 saturated carbocycles. The first kappa shape index (κ1) is 11.7. The zero-order valence-electron chi connectivity index (χ0n) is 8.12. The topological polar surface area (TPSA) is 102 Å². The van der Waals surface area contributed by atoms with Crippen molar-refractivity contribution >= 4 is 16.0 Å². The summed E-state index contributed by atoms with van der Waals surface area (Å²) in [5, 5.41) is 8.51. The Kier molecular flexibility index (Phi) is 3.15. The van der Waals surface area contributed by atoms with E-state index in [2.05, 4.69) is 0 Å². The quantitative estimate of drug-likeness (QED) is 0.746. The van der Waals surface area contributed by atoms with Gasteiger partial charge in [-0.15, -0.1) is 0 Å². The Morgan fingerprint density at radius 2 is 2.27 bits per heavy atom. The molecule has 6 nitrogen and oxygen atoms in total. The smallest absolute Gasteiger partial charge is 0.305 e. The summed E-state index contributed by atoms with van der Waals surface area (Å²) in [5.74, 6) is -1.02. The molecule has 1 atom stereocenters. The minimum absolute atomic E-state index is 0.228. The molecule has 0 aliphatic carbocycles. The first-order valence-electron chi connectivity index (χ1n) is 4.16. The molecule has 0 spiro atoms. The van der Waals surface area contributed by atoms with Crippen LogP contribution in [-0.2, 0) is 14.8 Å². The molecule has 0 amide bonds. The molecule has 1 aromatic heterocycles. The van der Waals surface area contributed by atoms with E-state index in [0.29, 0.717) is 5.56 Å². The van der Waals surface area contributed by atoms with Crippen LogP contribution in [0.1, 0.15) is 18.0 Å². The summed E-state index contributed by atoms with van der Waals surface area (Å²) in [6, 6.07) is 0.805. The Balaban J connectivity index is 2.90. The molecule has 0 fully saturated rings. The Hall–Kier alpha value is -1.34. The highest BCUT2D eigenvalue weighted by Crippen LogP contribution is 2.15. The van der Waals surface area contributed by atoms with Crippen LogP contribution in [0.5, 0.6) is 0 Å². The molecule has 1 heterocycles. The lowest BCUT2D eigenvalue weighted by atomic mass is 10.1. The van der Waals surface area contributed by atoms with Crippen LogP contribution in [0, 0.1) is 0 Å². The van der Waals surface area contributed by atoms with Crippen LogP contribution in [0.25, 0.3) is 0 Å². The molecule has 3 N–H and O–H groups in total. The van der Waals surface area contributed by atoms with Gasteiger partial charge >= 0.3 is 5.97 Å². The second-order valence-electron chi connectivity index (χ2n) is 3.24. The van der Waals surface area contributed by atoms with Crippen LogP contribution >= 0.6 is 0 Å². The van der Waals surface area contributed by atoms with Crippen molar-refractivity contribution in [3.05, 3.63) is 24.0 Å². The SMILES string of the molecule is CS(=O)(=O)n1ccc(C(N)CC(=O)O)c1. The zero-order chi connectivity index (χ0) is 11.6. The van der Waals surface area contributed by atoms with Crippen molar-refractivity contribution in [2.24, 2.45) is 5.73 Å². The fourth-order valence-electron chi connectivity index (χ4n) is 1.12. The van der Waals surface area contributed by atoms with E-state index >= 15 is 0 Å². The van der Waals surface area contributed by atoms with E-state index in [1.165, 1.54) is 18.5 Å². The third-order valence-electron chi connectivity index (χ3n) is 1.90. The van der Waals surface area contributed by atoms with Crippen molar-refractivity contribution in [3.8, 4) is 0 Å². The van der Waals surface area contributed by atoms with E-state index < -0.39 is 22.0 Å². The normalized spacial score (nSPS) is 13.7. The lowest BCUT2D eigenvalue weighted by Gasteiger charge is -2.05. The van der Waals surface area contributed by atoms with Crippen LogP contribution in [0.4, 0.5) is 0 Å². The van der Waals surface area contributed by atoms with Gasteiger partial charge in [-0.1, -0.05) is 0 Å². The molecule has 1 rings (SSSR count). The number of carboxylic acids is 1. The Morgan fingerprint density at radius 3 is 2.67 bits per heavy atom. The van der Waals surface area contributed by atoms with Crippen LogP contribution < -0.4 is 5.73 Å². The average Bonchev–Trinajstić information content (AvgIpc) is 2.48. The lowest BCUT2D eigenvalue weighted by molar-refractivity contribution is -0.137. The Morgan fingerprint density at radius 1 is 1.67 bits per heavy atom. The average molecular weight is 232 g/mol. The number of aromatic nitrogens is 1. The van der Waals surface area contributed by atoms with Gasteiger partial charge in [0.25, 0.3) is 0 Å². The molecular formula is C8H12N2O4S. The molecular weight excluding hydrogens is 220 g/mol. The molecule has 15 heavy (non-hydrogen) atoms. The molecule has 0 bridgehead atoms.